The van der Waals surface area contributed by atoms with E-state index in [2.05, 4.69) is 5.32 Å². The molecule has 2 aromatic carbocycles. The first kappa shape index (κ1) is 16.6. The van der Waals surface area contributed by atoms with Crippen molar-refractivity contribution in [1.29, 1.82) is 0 Å². The van der Waals surface area contributed by atoms with Crippen LogP contribution in [0.15, 0.2) is 42.5 Å². The molecule has 0 aliphatic carbocycles. The van der Waals surface area contributed by atoms with Crippen LogP contribution in [-0.4, -0.2) is 23.3 Å². The predicted octanol–water partition coefficient (Wildman–Crippen LogP) is 3.11. The summed E-state index contributed by atoms with van der Waals surface area (Å²) in [6, 6.07) is 9.30. The molecule has 0 atom stereocenters. The summed E-state index contributed by atoms with van der Waals surface area (Å²) in [6.45, 7) is 0.587. The zero-order valence-electron chi connectivity index (χ0n) is 13.1. The minimum absolute atomic E-state index is 0.0118. The first-order chi connectivity index (χ1) is 12.0. The van der Waals surface area contributed by atoms with Crippen molar-refractivity contribution in [3.63, 3.8) is 0 Å². The Bertz CT molecular complexity index is 869. The molecule has 0 saturated carbocycles. The number of rotatable bonds is 4. The summed E-state index contributed by atoms with van der Waals surface area (Å²) in [4.78, 5) is 35.8. The van der Waals surface area contributed by atoms with Crippen molar-refractivity contribution in [2.45, 2.75) is 12.8 Å². The number of hydrogen-bond acceptors (Lipinski definition) is 4. The maximum Gasteiger partial charge on any atom is 0.271 e. The molecule has 0 radical (unpaired) electrons. The van der Waals surface area contributed by atoms with Crippen LogP contribution in [0.3, 0.4) is 0 Å². The highest BCUT2D eigenvalue weighted by atomic mass is 19.1. The molecule has 0 unspecified atom stereocenters. The number of hydrogen-bond donors (Lipinski definition) is 1. The highest BCUT2D eigenvalue weighted by Gasteiger charge is 2.22. The molecule has 2 aromatic rings. The minimum Gasteiger partial charge on any atom is -0.319 e. The van der Waals surface area contributed by atoms with Crippen molar-refractivity contribution < 1.29 is 18.9 Å². The van der Waals surface area contributed by atoms with Gasteiger partial charge in [0.15, 0.2) is 0 Å². The van der Waals surface area contributed by atoms with Crippen molar-refractivity contribution in [3.8, 4) is 0 Å². The zero-order chi connectivity index (χ0) is 18.0. The number of nitrogens with one attached hydrogen (secondary N) is 1. The maximum atomic E-state index is 13.8. The van der Waals surface area contributed by atoms with E-state index in [1.165, 1.54) is 12.1 Å². The van der Waals surface area contributed by atoms with E-state index >= 15 is 0 Å². The fourth-order valence-electron chi connectivity index (χ4n) is 2.65. The number of carbonyl (C=O) groups is 2. The number of anilines is 2. The van der Waals surface area contributed by atoms with E-state index in [1.54, 1.807) is 17.0 Å². The summed E-state index contributed by atoms with van der Waals surface area (Å²) in [5, 5.41) is 13.1. The van der Waals surface area contributed by atoms with Gasteiger partial charge in [-0.05, 0) is 30.7 Å². The van der Waals surface area contributed by atoms with Crippen LogP contribution in [0.5, 0.6) is 0 Å². The lowest BCUT2D eigenvalue weighted by Crippen LogP contribution is -2.24. The number of carbonyl (C=O) groups excluding carboxylic acids is 2. The molecule has 0 aromatic heterocycles. The van der Waals surface area contributed by atoms with Crippen molar-refractivity contribution >= 4 is 28.9 Å². The number of non-ortho nitro benzene ring substituents is 1. The van der Waals surface area contributed by atoms with Gasteiger partial charge in [0.1, 0.15) is 5.82 Å². The van der Waals surface area contributed by atoms with Gasteiger partial charge in [0.05, 0.1) is 10.6 Å². The van der Waals surface area contributed by atoms with E-state index in [-0.39, 0.29) is 22.8 Å². The summed E-state index contributed by atoms with van der Waals surface area (Å²) in [5.74, 6) is -1.40. The Hall–Kier alpha value is -3.29. The summed E-state index contributed by atoms with van der Waals surface area (Å²) in [6.07, 6.45) is 1.23. The number of halogens is 1. The summed E-state index contributed by atoms with van der Waals surface area (Å²) < 4.78 is 13.8. The molecule has 128 valence electrons. The van der Waals surface area contributed by atoms with Gasteiger partial charge in [0.25, 0.3) is 11.6 Å². The normalized spacial score (nSPS) is 13.8. The SMILES string of the molecule is O=C(Nc1cc([N+](=O)[O-])ccc1F)c1cccc(N2CCCC2=O)c1. The van der Waals surface area contributed by atoms with Crippen LogP contribution in [-0.2, 0) is 4.79 Å². The van der Waals surface area contributed by atoms with Crippen molar-refractivity contribution in [1.82, 2.24) is 0 Å². The molecular formula is C17H14FN3O4. The quantitative estimate of drug-likeness (QED) is 0.682. The smallest absolute Gasteiger partial charge is 0.271 e. The van der Waals surface area contributed by atoms with Crippen LogP contribution < -0.4 is 10.2 Å². The number of nitro groups is 1. The fraction of sp³-hybridized carbons (Fsp3) is 0.176. The highest BCUT2D eigenvalue weighted by molar-refractivity contribution is 6.06. The Kier molecular flexibility index (Phi) is 4.42. The molecule has 25 heavy (non-hydrogen) atoms. The molecule has 0 bridgehead atoms. The van der Waals surface area contributed by atoms with Gasteiger partial charge >= 0.3 is 0 Å². The van der Waals surface area contributed by atoms with Crippen LogP contribution in [0, 0.1) is 15.9 Å². The molecule has 0 spiro atoms. The van der Waals surface area contributed by atoms with Gasteiger partial charge in [-0.1, -0.05) is 6.07 Å². The van der Waals surface area contributed by atoms with Crippen LogP contribution in [0.1, 0.15) is 23.2 Å². The lowest BCUT2D eigenvalue weighted by molar-refractivity contribution is -0.384. The second-order valence-corrected chi connectivity index (χ2v) is 5.57. The first-order valence-electron chi connectivity index (χ1n) is 7.61. The molecule has 1 fully saturated rings. The third-order valence-electron chi connectivity index (χ3n) is 3.90. The van der Waals surface area contributed by atoms with Crippen LogP contribution in [0.2, 0.25) is 0 Å². The standard InChI is InChI=1S/C17H14FN3O4/c18-14-7-6-13(21(24)25)10-15(14)19-17(23)11-3-1-4-12(9-11)20-8-2-5-16(20)22/h1,3-4,6-7,9-10H,2,5,8H2,(H,19,23). The van der Waals surface area contributed by atoms with Gasteiger partial charge in [-0.3, -0.25) is 19.7 Å². The second-order valence-electron chi connectivity index (χ2n) is 5.57. The Morgan fingerprint density at radius 2 is 2.04 bits per heavy atom. The molecule has 1 aliphatic heterocycles. The summed E-state index contributed by atoms with van der Waals surface area (Å²) in [7, 11) is 0. The Morgan fingerprint density at radius 3 is 2.72 bits per heavy atom. The predicted molar refractivity (Wildman–Crippen MR) is 89.0 cm³/mol. The van der Waals surface area contributed by atoms with Crippen LogP contribution in [0.25, 0.3) is 0 Å². The van der Waals surface area contributed by atoms with Gasteiger partial charge < -0.3 is 10.2 Å². The molecule has 3 rings (SSSR count). The number of nitrogens with zero attached hydrogens (tertiary/aromatic N) is 2. The van der Waals surface area contributed by atoms with E-state index in [9.17, 15) is 24.1 Å². The Balaban J connectivity index is 1.83. The van der Waals surface area contributed by atoms with Crippen molar-refractivity contribution in [2.24, 2.45) is 0 Å². The fourth-order valence-corrected chi connectivity index (χ4v) is 2.65. The lowest BCUT2D eigenvalue weighted by atomic mass is 10.1. The second kappa shape index (κ2) is 6.68. The molecule has 1 saturated heterocycles. The molecule has 7 nitrogen and oxygen atoms in total. The highest BCUT2D eigenvalue weighted by Crippen LogP contribution is 2.24. The van der Waals surface area contributed by atoms with Gasteiger partial charge in [-0.15, -0.1) is 0 Å². The van der Waals surface area contributed by atoms with Gasteiger partial charge in [0.2, 0.25) is 5.91 Å². The first-order valence-corrected chi connectivity index (χ1v) is 7.61. The Morgan fingerprint density at radius 1 is 1.24 bits per heavy atom. The van der Waals surface area contributed by atoms with Crippen molar-refractivity contribution in [2.75, 3.05) is 16.8 Å². The largest absolute Gasteiger partial charge is 0.319 e. The van der Waals surface area contributed by atoms with Gasteiger partial charge in [-0.2, -0.15) is 0 Å². The summed E-state index contributed by atoms with van der Waals surface area (Å²) in [5.41, 5.74) is 0.215. The van der Waals surface area contributed by atoms with Gasteiger partial charge in [-0.25, -0.2) is 4.39 Å². The molecule has 8 heteroatoms. The number of nitro benzene ring substituents is 1. The number of amides is 2. The monoisotopic (exact) mass is 343 g/mol. The van der Waals surface area contributed by atoms with E-state index in [0.717, 1.165) is 24.6 Å². The van der Waals surface area contributed by atoms with E-state index < -0.39 is 16.6 Å². The minimum atomic E-state index is -0.773. The molecule has 2 amide bonds. The molecule has 1 N–H and O–H groups in total. The molecule has 1 aliphatic rings. The average molecular weight is 343 g/mol. The molecular weight excluding hydrogens is 329 g/mol. The Labute approximate surface area is 142 Å². The third kappa shape index (κ3) is 3.47. The van der Waals surface area contributed by atoms with Gasteiger partial charge in [0, 0.05) is 36.3 Å². The molecule has 1 heterocycles. The summed E-state index contributed by atoms with van der Waals surface area (Å²) >= 11 is 0. The topological polar surface area (TPSA) is 92.5 Å². The van der Waals surface area contributed by atoms with E-state index in [4.69, 9.17) is 0 Å². The lowest BCUT2D eigenvalue weighted by Gasteiger charge is -2.16. The zero-order valence-corrected chi connectivity index (χ0v) is 13.1. The van der Waals surface area contributed by atoms with Crippen molar-refractivity contribution in [3.05, 3.63) is 64.0 Å². The van der Waals surface area contributed by atoms with Crippen LogP contribution >= 0.6 is 0 Å². The van der Waals surface area contributed by atoms with E-state index in [0.29, 0.717) is 18.7 Å². The van der Waals surface area contributed by atoms with Crippen LogP contribution in [0.4, 0.5) is 21.5 Å². The number of benzene rings is 2. The maximum absolute atomic E-state index is 13.8. The third-order valence-corrected chi connectivity index (χ3v) is 3.90. The average Bonchev–Trinajstić information content (AvgIpc) is 3.02. The van der Waals surface area contributed by atoms with E-state index in [1.807, 2.05) is 0 Å².